The molecule has 0 saturated heterocycles. The molecule has 1 heterocycles. The van der Waals surface area contributed by atoms with Crippen LogP contribution in [0.15, 0.2) is 53.0 Å². The number of benzene rings is 2. The lowest BCUT2D eigenvalue weighted by Crippen LogP contribution is -2.25. The fraction of sp³-hybridized carbons (Fsp3) is 0.176. The van der Waals surface area contributed by atoms with Crippen molar-refractivity contribution in [3.8, 4) is 11.4 Å². The molecule has 1 unspecified atom stereocenters. The van der Waals surface area contributed by atoms with Gasteiger partial charge in [-0.1, -0.05) is 45.8 Å². The Hall–Kier alpha value is -2.54. The molecule has 3 aromatic rings. The maximum Gasteiger partial charge on any atom is 0.250 e. The third kappa shape index (κ3) is 3.68. The molecule has 0 aliphatic heterocycles. The Morgan fingerprint density at radius 3 is 2.46 bits per heavy atom. The van der Waals surface area contributed by atoms with Gasteiger partial charge in [0.05, 0.1) is 0 Å². The van der Waals surface area contributed by atoms with E-state index in [1.54, 1.807) is 6.92 Å². The van der Waals surface area contributed by atoms with Crippen molar-refractivity contribution >= 4 is 27.5 Å². The van der Waals surface area contributed by atoms with Gasteiger partial charge < -0.3 is 5.32 Å². The fourth-order valence-electron chi connectivity index (χ4n) is 2.09. The van der Waals surface area contributed by atoms with Crippen LogP contribution in [-0.4, -0.2) is 26.1 Å². The van der Waals surface area contributed by atoms with Gasteiger partial charge in [0.2, 0.25) is 5.82 Å². The zero-order valence-corrected chi connectivity index (χ0v) is 14.9. The Morgan fingerprint density at radius 2 is 1.79 bits per heavy atom. The summed E-state index contributed by atoms with van der Waals surface area (Å²) in [7, 11) is 0. The number of tetrazole rings is 1. The van der Waals surface area contributed by atoms with Gasteiger partial charge in [0, 0.05) is 15.7 Å². The van der Waals surface area contributed by atoms with E-state index < -0.39 is 6.04 Å². The number of rotatable bonds is 4. The third-order valence-corrected chi connectivity index (χ3v) is 4.10. The largest absolute Gasteiger partial charge is 0.324 e. The minimum atomic E-state index is -0.569. The number of nitrogens with zero attached hydrogens (tertiary/aromatic N) is 4. The molecule has 7 heteroatoms. The first-order chi connectivity index (χ1) is 11.5. The Morgan fingerprint density at radius 1 is 1.12 bits per heavy atom. The highest BCUT2D eigenvalue weighted by atomic mass is 79.9. The highest BCUT2D eigenvalue weighted by Crippen LogP contribution is 2.17. The summed E-state index contributed by atoms with van der Waals surface area (Å²) in [5.74, 6) is 0.295. The molecule has 2 aromatic carbocycles. The molecule has 1 N–H and O–H groups in total. The lowest BCUT2D eigenvalue weighted by Gasteiger charge is -2.10. The first-order valence-electron chi connectivity index (χ1n) is 7.46. The van der Waals surface area contributed by atoms with Crippen LogP contribution in [0.3, 0.4) is 0 Å². The molecule has 1 aromatic heterocycles. The van der Waals surface area contributed by atoms with Gasteiger partial charge in [0.15, 0.2) is 0 Å². The van der Waals surface area contributed by atoms with Crippen molar-refractivity contribution in [3.63, 3.8) is 0 Å². The number of hydrogen-bond acceptors (Lipinski definition) is 4. The van der Waals surface area contributed by atoms with E-state index in [1.807, 2.05) is 55.5 Å². The molecule has 0 aliphatic rings. The summed E-state index contributed by atoms with van der Waals surface area (Å²) in [5.41, 5.74) is 2.75. The fourth-order valence-corrected chi connectivity index (χ4v) is 2.36. The Bertz CT molecular complexity index is 842. The number of carbonyl (C=O) groups is 1. The van der Waals surface area contributed by atoms with E-state index in [0.717, 1.165) is 15.6 Å². The second kappa shape index (κ2) is 6.92. The smallest absolute Gasteiger partial charge is 0.250 e. The third-order valence-electron chi connectivity index (χ3n) is 3.58. The van der Waals surface area contributed by atoms with Crippen molar-refractivity contribution in [2.24, 2.45) is 0 Å². The second-order valence-corrected chi connectivity index (χ2v) is 6.39. The molecule has 3 rings (SSSR count). The summed E-state index contributed by atoms with van der Waals surface area (Å²) in [6.45, 7) is 3.75. The summed E-state index contributed by atoms with van der Waals surface area (Å²) in [4.78, 5) is 13.7. The summed E-state index contributed by atoms with van der Waals surface area (Å²) in [6, 6.07) is 14.6. The zero-order valence-electron chi connectivity index (χ0n) is 13.3. The number of carbonyl (C=O) groups excluding carboxylic acids is 1. The van der Waals surface area contributed by atoms with Crippen molar-refractivity contribution in [2.45, 2.75) is 19.9 Å². The molecule has 0 radical (unpaired) electrons. The normalized spacial score (nSPS) is 12.0. The molecule has 0 fully saturated rings. The molecule has 0 saturated carbocycles. The SMILES string of the molecule is Cc1ccc(-c2nnn(C(C)C(=O)Nc3ccc(Br)cc3)n2)cc1. The van der Waals surface area contributed by atoms with Crippen molar-refractivity contribution < 1.29 is 4.79 Å². The average Bonchev–Trinajstić information content (AvgIpc) is 3.07. The molecular weight excluding hydrogens is 370 g/mol. The maximum atomic E-state index is 12.3. The second-order valence-electron chi connectivity index (χ2n) is 5.47. The molecule has 1 amide bonds. The van der Waals surface area contributed by atoms with Crippen LogP contribution in [-0.2, 0) is 4.79 Å². The van der Waals surface area contributed by atoms with Crippen molar-refractivity contribution in [2.75, 3.05) is 5.32 Å². The van der Waals surface area contributed by atoms with Crippen molar-refractivity contribution in [1.82, 2.24) is 20.2 Å². The van der Waals surface area contributed by atoms with E-state index in [2.05, 4.69) is 36.7 Å². The van der Waals surface area contributed by atoms with Crippen LogP contribution in [0.4, 0.5) is 5.69 Å². The zero-order chi connectivity index (χ0) is 17.1. The number of halogens is 1. The van der Waals surface area contributed by atoms with Crippen LogP contribution in [0.2, 0.25) is 0 Å². The van der Waals surface area contributed by atoms with Gasteiger partial charge in [0.25, 0.3) is 5.91 Å². The van der Waals surface area contributed by atoms with Gasteiger partial charge in [-0.2, -0.15) is 4.80 Å². The highest BCUT2D eigenvalue weighted by molar-refractivity contribution is 9.10. The van der Waals surface area contributed by atoms with E-state index in [1.165, 1.54) is 4.80 Å². The number of amides is 1. The Balaban J connectivity index is 1.73. The summed E-state index contributed by atoms with van der Waals surface area (Å²) in [6.07, 6.45) is 0. The monoisotopic (exact) mass is 385 g/mol. The quantitative estimate of drug-likeness (QED) is 0.744. The lowest BCUT2D eigenvalue weighted by atomic mass is 10.1. The standard InChI is InChI=1S/C17H16BrN5O/c1-11-3-5-13(6-4-11)16-20-22-23(21-16)12(2)17(24)19-15-9-7-14(18)8-10-15/h3-10,12H,1-2H3,(H,19,24). The summed E-state index contributed by atoms with van der Waals surface area (Å²) in [5, 5.41) is 15.2. The minimum Gasteiger partial charge on any atom is -0.324 e. The van der Waals surface area contributed by atoms with E-state index >= 15 is 0 Å². The van der Waals surface area contributed by atoms with E-state index in [4.69, 9.17) is 0 Å². The maximum absolute atomic E-state index is 12.3. The van der Waals surface area contributed by atoms with Gasteiger partial charge >= 0.3 is 0 Å². The molecule has 122 valence electrons. The topological polar surface area (TPSA) is 72.7 Å². The molecule has 6 nitrogen and oxygen atoms in total. The van der Waals surface area contributed by atoms with E-state index in [9.17, 15) is 4.79 Å². The van der Waals surface area contributed by atoms with Gasteiger partial charge in [-0.05, 0) is 43.3 Å². The van der Waals surface area contributed by atoms with E-state index in [-0.39, 0.29) is 5.91 Å². The van der Waals surface area contributed by atoms with Crippen LogP contribution < -0.4 is 5.32 Å². The average molecular weight is 386 g/mol. The Kier molecular flexibility index (Phi) is 4.71. The van der Waals surface area contributed by atoms with E-state index in [0.29, 0.717) is 11.5 Å². The van der Waals surface area contributed by atoms with Crippen LogP contribution in [0.1, 0.15) is 18.5 Å². The van der Waals surface area contributed by atoms with Gasteiger partial charge in [0.1, 0.15) is 6.04 Å². The molecule has 0 spiro atoms. The van der Waals surface area contributed by atoms with Crippen LogP contribution in [0.5, 0.6) is 0 Å². The van der Waals surface area contributed by atoms with Crippen molar-refractivity contribution in [3.05, 3.63) is 58.6 Å². The first kappa shape index (κ1) is 16.3. The van der Waals surface area contributed by atoms with Crippen molar-refractivity contribution in [1.29, 1.82) is 0 Å². The van der Waals surface area contributed by atoms with Crippen LogP contribution >= 0.6 is 15.9 Å². The number of anilines is 1. The predicted molar refractivity (Wildman–Crippen MR) is 95.5 cm³/mol. The number of nitrogens with one attached hydrogen (secondary N) is 1. The van der Waals surface area contributed by atoms with Gasteiger partial charge in [-0.15, -0.1) is 10.2 Å². The summed E-state index contributed by atoms with van der Waals surface area (Å²) < 4.78 is 0.953. The minimum absolute atomic E-state index is 0.204. The van der Waals surface area contributed by atoms with Crippen LogP contribution in [0, 0.1) is 6.92 Å². The number of aromatic nitrogens is 4. The molecule has 1 atom stereocenters. The summed E-state index contributed by atoms with van der Waals surface area (Å²) >= 11 is 3.36. The Labute approximate surface area is 148 Å². The number of aryl methyl sites for hydroxylation is 1. The molecular formula is C17H16BrN5O. The van der Waals surface area contributed by atoms with Gasteiger partial charge in [-0.3, -0.25) is 4.79 Å². The molecule has 0 aliphatic carbocycles. The highest BCUT2D eigenvalue weighted by Gasteiger charge is 2.18. The molecule has 0 bridgehead atoms. The molecule has 24 heavy (non-hydrogen) atoms. The van der Waals surface area contributed by atoms with Gasteiger partial charge in [-0.25, -0.2) is 0 Å². The predicted octanol–water partition coefficient (Wildman–Crippen LogP) is 3.61. The number of hydrogen-bond donors (Lipinski definition) is 1. The van der Waals surface area contributed by atoms with Crippen LogP contribution in [0.25, 0.3) is 11.4 Å². The lowest BCUT2D eigenvalue weighted by molar-refractivity contribution is -0.119. The first-order valence-corrected chi connectivity index (χ1v) is 8.25.